The van der Waals surface area contributed by atoms with Gasteiger partial charge in [-0.15, -0.1) is 0 Å². The van der Waals surface area contributed by atoms with Crippen LogP contribution in [0.15, 0.2) is 30.3 Å². The lowest BCUT2D eigenvalue weighted by Gasteiger charge is -2.32. The van der Waals surface area contributed by atoms with E-state index in [-0.39, 0.29) is 24.8 Å². The molecule has 1 aliphatic heterocycles. The zero-order chi connectivity index (χ0) is 13.7. The summed E-state index contributed by atoms with van der Waals surface area (Å²) in [6.45, 7) is 0.306. The molecule has 0 aliphatic carbocycles. The topological polar surface area (TPSA) is 23.5 Å². The second-order valence-electron chi connectivity index (χ2n) is 5.23. The van der Waals surface area contributed by atoms with Crippen LogP contribution in [-0.2, 0) is 5.92 Å². The van der Waals surface area contributed by atoms with E-state index in [2.05, 4.69) is 0 Å². The lowest BCUT2D eigenvalue weighted by Crippen LogP contribution is -2.43. The minimum Gasteiger partial charge on any atom is -0.395 e. The number of nitrogens with zero attached hydrogens (tertiary/aromatic N) is 1. The van der Waals surface area contributed by atoms with Gasteiger partial charge in [-0.2, -0.15) is 8.78 Å². The summed E-state index contributed by atoms with van der Waals surface area (Å²) in [5, 5.41) is 9.37. The molecule has 1 fully saturated rings. The maximum Gasteiger partial charge on any atom is 0.285 e. The molecule has 0 aromatic heterocycles. The van der Waals surface area contributed by atoms with E-state index in [1.54, 1.807) is 23.1 Å². The maximum absolute atomic E-state index is 14.3. The van der Waals surface area contributed by atoms with Crippen LogP contribution >= 0.6 is 0 Å². The van der Waals surface area contributed by atoms with Crippen molar-refractivity contribution in [1.29, 1.82) is 0 Å². The summed E-state index contributed by atoms with van der Waals surface area (Å²) in [5.41, 5.74) is 0.0518. The molecule has 19 heavy (non-hydrogen) atoms. The van der Waals surface area contributed by atoms with Crippen LogP contribution in [0.2, 0.25) is 0 Å². The largest absolute Gasteiger partial charge is 0.395 e. The average Bonchev–Trinajstić information content (AvgIpc) is 2.64. The van der Waals surface area contributed by atoms with Gasteiger partial charge in [-0.3, -0.25) is 4.90 Å². The number of benzene rings is 1. The van der Waals surface area contributed by atoms with E-state index < -0.39 is 5.92 Å². The summed E-state index contributed by atoms with van der Waals surface area (Å²) < 4.78 is 28.5. The number of likely N-dealkylation sites (tertiary alicyclic amines) is 1. The lowest BCUT2D eigenvalue weighted by molar-refractivity contribution is -0.0526. The van der Waals surface area contributed by atoms with Crippen LogP contribution in [0.4, 0.5) is 8.78 Å². The van der Waals surface area contributed by atoms with E-state index in [0.29, 0.717) is 6.54 Å². The molecule has 1 aromatic rings. The van der Waals surface area contributed by atoms with Gasteiger partial charge in [-0.25, -0.2) is 0 Å². The summed E-state index contributed by atoms with van der Waals surface area (Å²) in [6, 6.07) is 7.81. The summed E-state index contributed by atoms with van der Waals surface area (Å²) in [5.74, 6) is -2.86. The molecular weight excluding hydrogens is 248 g/mol. The van der Waals surface area contributed by atoms with Crippen LogP contribution in [0.1, 0.15) is 31.2 Å². The fourth-order valence-electron chi connectivity index (χ4n) is 2.68. The highest BCUT2D eigenvalue weighted by molar-refractivity contribution is 5.20. The summed E-state index contributed by atoms with van der Waals surface area (Å²) in [4.78, 5) is 1.75. The van der Waals surface area contributed by atoms with E-state index >= 15 is 0 Å². The first-order valence-corrected chi connectivity index (χ1v) is 6.92. The van der Waals surface area contributed by atoms with Crippen LogP contribution in [0.25, 0.3) is 0 Å². The van der Waals surface area contributed by atoms with Crippen LogP contribution in [0.5, 0.6) is 0 Å². The summed E-state index contributed by atoms with van der Waals surface area (Å²) in [6.07, 6.45) is 3.81. The second kappa shape index (κ2) is 6.44. The highest BCUT2D eigenvalue weighted by atomic mass is 19.3. The number of aliphatic hydroxyl groups excluding tert-OH is 1. The normalized spacial score (nSPS) is 22.2. The Morgan fingerprint density at radius 1 is 1.16 bits per heavy atom. The number of hydrogen-bond acceptors (Lipinski definition) is 2. The highest BCUT2D eigenvalue weighted by Crippen LogP contribution is 2.30. The minimum absolute atomic E-state index is 0.0368. The SMILES string of the molecule is OCC1CCCCCN1CC(F)(F)c1ccccc1. The minimum atomic E-state index is -2.86. The Bertz CT molecular complexity index is 383. The maximum atomic E-state index is 14.3. The van der Waals surface area contributed by atoms with Gasteiger partial charge in [0.05, 0.1) is 13.2 Å². The standard InChI is InChI=1S/C15H21F2NO/c16-15(17,13-7-3-1-4-8-13)12-18-10-6-2-5-9-14(18)11-19/h1,3-4,7-8,14,19H,2,5-6,9-12H2. The fourth-order valence-corrected chi connectivity index (χ4v) is 2.68. The van der Waals surface area contributed by atoms with Crippen molar-refractivity contribution in [2.45, 2.75) is 37.6 Å². The number of aliphatic hydroxyl groups is 1. The predicted octanol–water partition coefficient (Wildman–Crippen LogP) is 3.02. The molecule has 2 rings (SSSR count). The Hall–Kier alpha value is -1.00. The smallest absolute Gasteiger partial charge is 0.285 e. The molecular formula is C15H21F2NO. The van der Waals surface area contributed by atoms with Crippen molar-refractivity contribution < 1.29 is 13.9 Å². The third-order valence-electron chi connectivity index (χ3n) is 3.81. The Labute approximate surface area is 113 Å². The third kappa shape index (κ3) is 3.74. The van der Waals surface area contributed by atoms with Gasteiger partial charge in [0.25, 0.3) is 5.92 Å². The van der Waals surface area contributed by atoms with Crippen molar-refractivity contribution in [2.75, 3.05) is 19.7 Å². The molecule has 4 heteroatoms. The van der Waals surface area contributed by atoms with Gasteiger partial charge < -0.3 is 5.11 Å². The molecule has 0 bridgehead atoms. The quantitative estimate of drug-likeness (QED) is 0.908. The van der Waals surface area contributed by atoms with Crippen LogP contribution in [0.3, 0.4) is 0 Å². The van der Waals surface area contributed by atoms with Gasteiger partial charge in [0.1, 0.15) is 0 Å². The van der Waals surface area contributed by atoms with Crippen molar-refractivity contribution >= 4 is 0 Å². The van der Waals surface area contributed by atoms with Crippen LogP contribution in [-0.4, -0.2) is 35.7 Å². The molecule has 1 unspecified atom stereocenters. The first kappa shape index (κ1) is 14.4. The monoisotopic (exact) mass is 269 g/mol. The highest BCUT2D eigenvalue weighted by Gasteiger charge is 2.36. The second-order valence-corrected chi connectivity index (χ2v) is 5.23. The summed E-state index contributed by atoms with van der Waals surface area (Å²) in [7, 11) is 0. The molecule has 1 atom stereocenters. The molecule has 1 aromatic carbocycles. The molecule has 106 valence electrons. The van der Waals surface area contributed by atoms with Gasteiger partial charge >= 0.3 is 0 Å². The van der Waals surface area contributed by atoms with Crippen molar-refractivity contribution in [2.24, 2.45) is 0 Å². The van der Waals surface area contributed by atoms with Crippen LogP contribution in [0, 0.1) is 0 Å². The van der Waals surface area contributed by atoms with E-state index in [0.717, 1.165) is 25.7 Å². The molecule has 0 spiro atoms. The van der Waals surface area contributed by atoms with E-state index in [1.165, 1.54) is 12.1 Å². The van der Waals surface area contributed by atoms with Gasteiger partial charge in [0.2, 0.25) is 0 Å². The van der Waals surface area contributed by atoms with Gasteiger partial charge in [0, 0.05) is 11.6 Å². The number of rotatable bonds is 4. The van der Waals surface area contributed by atoms with Crippen LogP contribution < -0.4 is 0 Å². The predicted molar refractivity (Wildman–Crippen MR) is 71.3 cm³/mol. The van der Waals surface area contributed by atoms with E-state index in [1.807, 2.05) is 0 Å². The number of halogens is 2. The molecule has 0 radical (unpaired) electrons. The van der Waals surface area contributed by atoms with E-state index in [9.17, 15) is 13.9 Å². The molecule has 0 saturated carbocycles. The number of hydrogen-bond donors (Lipinski definition) is 1. The first-order valence-electron chi connectivity index (χ1n) is 6.92. The number of alkyl halides is 2. The third-order valence-corrected chi connectivity index (χ3v) is 3.81. The Morgan fingerprint density at radius 2 is 1.89 bits per heavy atom. The van der Waals surface area contributed by atoms with Gasteiger partial charge in [-0.1, -0.05) is 43.2 Å². The molecule has 0 amide bonds. The zero-order valence-corrected chi connectivity index (χ0v) is 11.1. The lowest BCUT2D eigenvalue weighted by atomic mass is 10.1. The van der Waals surface area contributed by atoms with Crippen molar-refractivity contribution in [3.05, 3.63) is 35.9 Å². The molecule has 1 saturated heterocycles. The molecule has 1 heterocycles. The van der Waals surface area contributed by atoms with Crippen molar-refractivity contribution in [3.8, 4) is 0 Å². The molecule has 1 aliphatic rings. The Morgan fingerprint density at radius 3 is 2.58 bits per heavy atom. The zero-order valence-electron chi connectivity index (χ0n) is 11.1. The summed E-state index contributed by atoms with van der Waals surface area (Å²) >= 11 is 0. The van der Waals surface area contributed by atoms with Gasteiger partial charge in [-0.05, 0) is 19.4 Å². The van der Waals surface area contributed by atoms with Crippen molar-refractivity contribution in [3.63, 3.8) is 0 Å². The molecule has 1 N–H and O–H groups in total. The van der Waals surface area contributed by atoms with Gasteiger partial charge in [0.15, 0.2) is 0 Å². The fraction of sp³-hybridized carbons (Fsp3) is 0.600. The Balaban J connectivity index is 2.09. The van der Waals surface area contributed by atoms with E-state index in [4.69, 9.17) is 0 Å². The molecule has 2 nitrogen and oxygen atoms in total. The first-order chi connectivity index (χ1) is 9.13. The Kier molecular flexibility index (Phi) is 4.88. The average molecular weight is 269 g/mol. The van der Waals surface area contributed by atoms with Crippen molar-refractivity contribution in [1.82, 2.24) is 4.90 Å².